The van der Waals surface area contributed by atoms with E-state index in [1.807, 2.05) is 13.8 Å². The molecule has 0 bridgehead atoms. The van der Waals surface area contributed by atoms with Gasteiger partial charge in [0, 0.05) is 32.2 Å². The number of halogens is 1. The highest BCUT2D eigenvalue weighted by Gasteiger charge is 2.37. The van der Waals surface area contributed by atoms with Gasteiger partial charge in [-0.3, -0.25) is 14.3 Å². The molecule has 0 spiro atoms. The molecule has 3 aliphatic rings. The number of benzene rings is 1. The van der Waals surface area contributed by atoms with Crippen molar-refractivity contribution in [2.24, 2.45) is 5.92 Å². The lowest BCUT2D eigenvalue weighted by Crippen LogP contribution is -2.46. The molecule has 1 atom stereocenters. The van der Waals surface area contributed by atoms with Crippen LogP contribution in [0.4, 0.5) is 5.82 Å². The number of nitrogens with zero attached hydrogens (tertiary/aromatic N) is 3. The predicted molar refractivity (Wildman–Crippen MR) is 144 cm³/mol. The van der Waals surface area contributed by atoms with E-state index in [9.17, 15) is 9.59 Å². The summed E-state index contributed by atoms with van der Waals surface area (Å²) < 4.78 is 24.1. The molecule has 1 aromatic carbocycles. The van der Waals surface area contributed by atoms with E-state index in [0.29, 0.717) is 52.7 Å². The van der Waals surface area contributed by atoms with Crippen LogP contribution in [0.5, 0.6) is 11.5 Å². The molecule has 39 heavy (non-hydrogen) atoms. The number of nitrogens with one attached hydrogen (secondary N) is 1. The van der Waals surface area contributed by atoms with Gasteiger partial charge in [-0.15, -0.1) is 0 Å². The molecule has 11 heteroatoms. The van der Waals surface area contributed by atoms with Crippen molar-refractivity contribution in [2.75, 3.05) is 19.0 Å². The van der Waals surface area contributed by atoms with Crippen LogP contribution >= 0.6 is 11.6 Å². The average Bonchev–Trinajstić information content (AvgIpc) is 3.69. The quantitative estimate of drug-likeness (QED) is 0.445. The van der Waals surface area contributed by atoms with Gasteiger partial charge in [0.1, 0.15) is 41.1 Å². The number of aromatic nitrogens is 2. The highest BCUT2D eigenvalue weighted by atomic mass is 35.5. The van der Waals surface area contributed by atoms with E-state index in [2.05, 4.69) is 10.4 Å². The Morgan fingerprint density at radius 1 is 1.26 bits per heavy atom. The molecule has 0 radical (unpaired) electrons. The Balaban J connectivity index is 1.26. The first-order valence-electron chi connectivity index (χ1n) is 13.1. The number of anilines is 1. The zero-order valence-corrected chi connectivity index (χ0v) is 23.1. The van der Waals surface area contributed by atoms with E-state index in [-0.39, 0.29) is 18.4 Å². The summed E-state index contributed by atoms with van der Waals surface area (Å²) in [5.74, 6) is 1.42. The Hall–Kier alpha value is -3.66. The third-order valence-corrected chi connectivity index (χ3v) is 7.43. The first-order chi connectivity index (χ1) is 18.7. The van der Waals surface area contributed by atoms with Crippen LogP contribution in [0.1, 0.15) is 46.0 Å². The molecule has 0 saturated heterocycles. The van der Waals surface area contributed by atoms with Crippen LogP contribution in [0.3, 0.4) is 0 Å². The van der Waals surface area contributed by atoms with Crippen LogP contribution in [0, 0.1) is 5.92 Å². The second kappa shape index (κ2) is 11.2. The van der Waals surface area contributed by atoms with Crippen LogP contribution < -0.4 is 14.8 Å². The van der Waals surface area contributed by atoms with Crippen molar-refractivity contribution < 1.29 is 28.5 Å². The average molecular weight is 557 g/mol. The minimum atomic E-state index is -0.705. The van der Waals surface area contributed by atoms with E-state index in [4.69, 9.17) is 30.5 Å². The highest BCUT2D eigenvalue weighted by Crippen LogP contribution is 2.36. The molecule has 2 aromatic rings. The molecule has 1 fully saturated rings. The van der Waals surface area contributed by atoms with Gasteiger partial charge >= 0.3 is 0 Å². The minimum absolute atomic E-state index is 0.160. The molecule has 2 amide bonds. The zero-order valence-electron chi connectivity index (χ0n) is 22.3. The van der Waals surface area contributed by atoms with Gasteiger partial charge in [-0.1, -0.05) is 43.4 Å². The van der Waals surface area contributed by atoms with Crippen molar-refractivity contribution in [1.82, 2.24) is 14.7 Å². The monoisotopic (exact) mass is 556 g/mol. The van der Waals surface area contributed by atoms with Gasteiger partial charge in [0.15, 0.2) is 11.6 Å². The summed E-state index contributed by atoms with van der Waals surface area (Å²) >= 11 is 6.38. The number of amides is 2. The smallest absolute Gasteiger partial charge is 0.251 e. The van der Waals surface area contributed by atoms with Crippen LogP contribution in [0.15, 0.2) is 54.3 Å². The van der Waals surface area contributed by atoms with E-state index in [0.717, 1.165) is 25.7 Å². The van der Waals surface area contributed by atoms with Crippen LogP contribution in [-0.2, 0) is 25.6 Å². The standard InChI is InChI=1S/C28H33ClN4O6/c1-28(2)37-17-20(39-28)15-32-12-11-24(31-32)30-27(35)21(13-18-7-4-5-8-18)33-16-19(14-25(33)34)38-23-10-6-9-22(36-3)26(23)29/h6,9-12,14,17-18,21H,4-5,7-8,13,15-16H2,1-3H3,(H,30,31,35). The Morgan fingerprint density at radius 3 is 2.74 bits per heavy atom. The predicted octanol–water partition coefficient (Wildman–Crippen LogP) is 4.86. The summed E-state index contributed by atoms with van der Waals surface area (Å²) in [6.45, 7) is 4.18. The molecule has 1 N–H and O–H groups in total. The Kier molecular flexibility index (Phi) is 7.74. The van der Waals surface area contributed by atoms with Gasteiger partial charge in [-0.2, -0.15) is 5.10 Å². The maximum absolute atomic E-state index is 13.6. The van der Waals surface area contributed by atoms with Crippen molar-refractivity contribution in [2.45, 2.75) is 64.3 Å². The number of carbonyl (C=O) groups excluding carboxylic acids is 2. The number of hydrogen-bond acceptors (Lipinski definition) is 7. The SMILES string of the molecule is COc1cccc(OC2=CC(=O)N(C(CC3CCCC3)C(=O)Nc3ccn(CC4=COC(C)(C)O4)n3)C2)c1Cl. The van der Waals surface area contributed by atoms with Crippen LogP contribution in [-0.4, -0.2) is 52.0 Å². The minimum Gasteiger partial charge on any atom is -0.495 e. The fourth-order valence-electron chi connectivity index (χ4n) is 5.17. The van der Waals surface area contributed by atoms with Gasteiger partial charge < -0.3 is 29.2 Å². The van der Waals surface area contributed by atoms with Crippen molar-refractivity contribution in [3.8, 4) is 11.5 Å². The fourth-order valence-corrected chi connectivity index (χ4v) is 5.41. The summed E-state index contributed by atoms with van der Waals surface area (Å²) in [6.07, 6.45) is 9.68. The number of rotatable bonds is 10. The fraction of sp³-hybridized carbons (Fsp3) is 0.464. The lowest BCUT2D eigenvalue weighted by Gasteiger charge is -2.29. The maximum Gasteiger partial charge on any atom is 0.251 e. The molecule has 1 unspecified atom stereocenters. The van der Waals surface area contributed by atoms with Crippen LogP contribution in [0.25, 0.3) is 0 Å². The van der Waals surface area contributed by atoms with Gasteiger partial charge in [-0.25, -0.2) is 0 Å². The second-order valence-electron chi connectivity index (χ2n) is 10.4. The maximum atomic E-state index is 13.6. The highest BCUT2D eigenvalue weighted by molar-refractivity contribution is 6.33. The number of ether oxygens (including phenoxy) is 4. The summed E-state index contributed by atoms with van der Waals surface area (Å²) in [5.41, 5.74) is 0. The number of methoxy groups -OCH3 is 1. The van der Waals surface area contributed by atoms with Gasteiger partial charge in [0.2, 0.25) is 11.7 Å². The lowest BCUT2D eigenvalue weighted by atomic mass is 9.96. The molecule has 208 valence electrons. The topological polar surface area (TPSA) is 104 Å². The molecular formula is C28H33ClN4O6. The lowest BCUT2D eigenvalue weighted by molar-refractivity contribution is -0.134. The molecule has 10 nitrogen and oxygen atoms in total. The molecule has 2 aliphatic heterocycles. The van der Waals surface area contributed by atoms with Crippen molar-refractivity contribution in [1.29, 1.82) is 0 Å². The normalized spacial score (nSPS) is 19.3. The number of allylic oxidation sites excluding steroid dienone is 1. The van der Waals surface area contributed by atoms with Crippen LogP contribution in [0.2, 0.25) is 5.02 Å². The molecule has 1 aliphatic carbocycles. The molecule has 1 saturated carbocycles. The third-order valence-electron chi connectivity index (χ3n) is 7.05. The first kappa shape index (κ1) is 26.9. The van der Waals surface area contributed by atoms with Gasteiger partial charge in [0.05, 0.1) is 13.7 Å². The second-order valence-corrected chi connectivity index (χ2v) is 10.8. The molecule has 5 rings (SSSR count). The third kappa shape index (κ3) is 6.33. The Labute approximate surface area is 232 Å². The summed E-state index contributed by atoms with van der Waals surface area (Å²) in [5, 5.41) is 7.68. The van der Waals surface area contributed by atoms with E-state index >= 15 is 0 Å². The number of carbonyl (C=O) groups is 2. The Bertz CT molecular complexity index is 1300. The summed E-state index contributed by atoms with van der Waals surface area (Å²) in [7, 11) is 1.52. The van der Waals surface area contributed by atoms with Gasteiger partial charge in [-0.05, 0) is 24.5 Å². The van der Waals surface area contributed by atoms with Gasteiger partial charge in [0.25, 0.3) is 5.91 Å². The Morgan fingerprint density at radius 2 is 2.03 bits per heavy atom. The largest absolute Gasteiger partial charge is 0.495 e. The van der Waals surface area contributed by atoms with E-state index in [1.54, 1.807) is 46.3 Å². The summed E-state index contributed by atoms with van der Waals surface area (Å²) in [4.78, 5) is 28.2. The van der Waals surface area contributed by atoms with E-state index in [1.165, 1.54) is 13.2 Å². The first-order valence-corrected chi connectivity index (χ1v) is 13.5. The number of hydrogen-bond donors (Lipinski definition) is 1. The zero-order chi connectivity index (χ0) is 27.6. The van der Waals surface area contributed by atoms with Crippen molar-refractivity contribution >= 4 is 29.2 Å². The van der Waals surface area contributed by atoms with Crippen molar-refractivity contribution in [3.63, 3.8) is 0 Å². The van der Waals surface area contributed by atoms with E-state index < -0.39 is 11.8 Å². The molecule has 1 aromatic heterocycles. The summed E-state index contributed by atoms with van der Waals surface area (Å²) in [6, 6.07) is 6.24. The molecule has 3 heterocycles. The molecular weight excluding hydrogens is 524 g/mol. The van der Waals surface area contributed by atoms with Crippen molar-refractivity contribution in [3.05, 3.63) is 59.3 Å².